The van der Waals surface area contributed by atoms with Gasteiger partial charge in [0.2, 0.25) is 5.91 Å². The molecular weight excluding hydrogens is 329 g/mol. The first-order chi connectivity index (χ1) is 11.3. The van der Waals surface area contributed by atoms with Crippen molar-refractivity contribution in [1.82, 2.24) is 0 Å². The first-order valence-electron chi connectivity index (χ1n) is 7.17. The summed E-state index contributed by atoms with van der Waals surface area (Å²) < 4.78 is 15.3. The number of rotatable bonds is 6. The van der Waals surface area contributed by atoms with Gasteiger partial charge in [0.1, 0.15) is 5.75 Å². The van der Waals surface area contributed by atoms with Crippen molar-refractivity contribution in [2.24, 2.45) is 0 Å². The number of carbonyl (C=O) groups excluding carboxylic acids is 1. The summed E-state index contributed by atoms with van der Waals surface area (Å²) in [6, 6.07) is 14.0. The van der Waals surface area contributed by atoms with E-state index in [1.165, 1.54) is 18.2 Å². The molecule has 0 aliphatic heterocycles. The molecule has 126 valence electrons. The Balaban J connectivity index is 2.10. The second-order valence-electron chi connectivity index (χ2n) is 5.19. The summed E-state index contributed by atoms with van der Waals surface area (Å²) in [7, 11) is -4.55. The van der Waals surface area contributed by atoms with E-state index in [9.17, 15) is 9.36 Å². The summed E-state index contributed by atoms with van der Waals surface area (Å²) >= 11 is 0. The van der Waals surface area contributed by atoms with Gasteiger partial charge in [0.05, 0.1) is 0 Å². The number of amides is 1. The zero-order valence-electron chi connectivity index (χ0n) is 13.0. The Morgan fingerprint density at radius 3 is 2.08 bits per heavy atom. The van der Waals surface area contributed by atoms with E-state index in [0.29, 0.717) is 5.69 Å². The van der Waals surface area contributed by atoms with Gasteiger partial charge in [-0.3, -0.25) is 14.6 Å². The molecule has 7 heteroatoms. The standard InChI is InChI=1S/C17H18NO5P/c1-3-17(19)18-15-8-4-13(5-9-15)12(2)14-6-10-16(11-7-14)23-24(20,21)22/h3-12H,1H2,2H3,(H,18,19)(H2,20,21,22). The van der Waals surface area contributed by atoms with Crippen LogP contribution < -0.4 is 9.84 Å². The molecule has 2 rings (SSSR count). The topological polar surface area (TPSA) is 95.9 Å². The van der Waals surface area contributed by atoms with E-state index in [0.717, 1.165) is 11.1 Å². The number of phosphoric acid groups is 1. The van der Waals surface area contributed by atoms with Crippen LogP contribution in [-0.4, -0.2) is 15.7 Å². The van der Waals surface area contributed by atoms with Gasteiger partial charge in [-0.2, -0.15) is 0 Å². The van der Waals surface area contributed by atoms with Crippen LogP contribution in [0.3, 0.4) is 0 Å². The maximum absolute atomic E-state index is 11.3. The number of phosphoric ester groups is 1. The SMILES string of the molecule is C=CC(=O)Nc1ccc(C(C)c2ccc(OP(=O)(O)O)cc2)cc1. The van der Waals surface area contributed by atoms with Gasteiger partial charge in [-0.25, -0.2) is 4.57 Å². The lowest BCUT2D eigenvalue weighted by Crippen LogP contribution is -2.07. The van der Waals surface area contributed by atoms with Crippen molar-refractivity contribution in [2.75, 3.05) is 5.32 Å². The highest BCUT2D eigenvalue weighted by Crippen LogP contribution is 2.38. The number of anilines is 1. The van der Waals surface area contributed by atoms with Crippen LogP contribution in [0.4, 0.5) is 5.69 Å². The molecule has 0 fully saturated rings. The zero-order chi connectivity index (χ0) is 17.7. The van der Waals surface area contributed by atoms with Crippen molar-refractivity contribution in [3.05, 3.63) is 72.3 Å². The number of benzene rings is 2. The first kappa shape index (κ1) is 17.9. The van der Waals surface area contributed by atoms with Gasteiger partial charge in [0.15, 0.2) is 0 Å². The maximum atomic E-state index is 11.3. The van der Waals surface area contributed by atoms with Crippen LogP contribution >= 0.6 is 7.82 Å². The van der Waals surface area contributed by atoms with E-state index >= 15 is 0 Å². The monoisotopic (exact) mass is 347 g/mol. The third-order valence-electron chi connectivity index (χ3n) is 3.47. The molecule has 24 heavy (non-hydrogen) atoms. The molecule has 3 N–H and O–H groups in total. The molecule has 0 aliphatic carbocycles. The van der Waals surface area contributed by atoms with Crippen LogP contribution in [-0.2, 0) is 9.36 Å². The summed E-state index contributed by atoms with van der Waals surface area (Å²) in [4.78, 5) is 28.8. The minimum absolute atomic E-state index is 0.0678. The Morgan fingerprint density at radius 2 is 1.62 bits per heavy atom. The zero-order valence-corrected chi connectivity index (χ0v) is 13.9. The minimum Gasteiger partial charge on any atom is -0.404 e. The molecule has 0 heterocycles. The van der Waals surface area contributed by atoms with E-state index < -0.39 is 7.82 Å². The van der Waals surface area contributed by atoms with Gasteiger partial charge >= 0.3 is 7.82 Å². The molecule has 1 unspecified atom stereocenters. The van der Waals surface area contributed by atoms with Crippen molar-refractivity contribution < 1.29 is 23.7 Å². The average molecular weight is 347 g/mol. The normalized spacial score (nSPS) is 12.3. The highest BCUT2D eigenvalue weighted by Gasteiger charge is 2.16. The largest absolute Gasteiger partial charge is 0.524 e. The van der Waals surface area contributed by atoms with Crippen LogP contribution in [0.5, 0.6) is 5.75 Å². The van der Waals surface area contributed by atoms with Gasteiger partial charge in [-0.15, -0.1) is 0 Å². The van der Waals surface area contributed by atoms with Crippen LogP contribution in [0.1, 0.15) is 24.0 Å². The molecule has 1 amide bonds. The summed E-state index contributed by atoms with van der Waals surface area (Å²) in [5.74, 6) is -0.0866. The molecule has 0 spiro atoms. The van der Waals surface area contributed by atoms with Crippen LogP contribution in [0.25, 0.3) is 0 Å². The molecule has 1 atom stereocenters. The fourth-order valence-corrected chi connectivity index (χ4v) is 2.59. The van der Waals surface area contributed by atoms with Crippen LogP contribution in [0.15, 0.2) is 61.2 Å². The molecule has 2 aromatic rings. The van der Waals surface area contributed by atoms with E-state index in [1.807, 2.05) is 19.1 Å². The number of carbonyl (C=O) groups is 1. The lowest BCUT2D eigenvalue weighted by atomic mass is 9.93. The molecule has 6 nitrogen and oxygen atoms in total. The second-order valence-corrected chi connectivity index (χ2v) is 6.35. The smallest absolute Gasteiger partial charge is 0.404 e. The molecule has 0 aliphatic rings. The maximum Gasteiger partial charge on any atom is 0.524 e. The Kier molecular flexibility index (Phi) is 5.57. The third-order valence-corrected chi connectivity index (χ3v) is 3.92. The summed E-state index contributed by atoms with van der Waals surface area (Å²) in [5, 5.41) is 2.68. The molecule has 0 bridgehead atoms. The highest BCUT2D eigenvalue weighted by molar-refractivity contribution is 7.46. The summed E-state index contributed by atoms with van der Waals surface area (Å²) in [5.41, 5.74) is 2.69. The predicted molar refractivity (Wildman–Crippen MR) is 91.9 cm³/mol. The van der Waals surface area contributed by atoms with Crippen molar-refractivity contribution in [3.63, 3.8) is 0 Å². The lowest BCUT2D eigenvalue weighted by Gasteiger charge is -2.14. The van der Waals surface area contributed by atoms with Gasteiger partial charge in [-0.1, -0.05) is 37.8 Å². The lowest BCUT2D eigenvalue weighted by molar-refractivity contribution is -0.111. The van der Waals surface area contributed by atoms with Crippen LogP contribution in [0, 0.1) is 0 Å². The predicted octanol–water partition coefficient (Wildman–Crippen LogP) is 3.43. The Labute approximate surface area is 140 Å². The molecule has 0 saturated carbocycles. The van der Waals surface area contributed by atoms with Gasteiger partial charge in [0.25, 0.3) is 0 Å². The average Bonchev–Trinajstić information content (AvgIpc) is 2.54. The van der Waals surface area contributed by atoms with Crippen molar-refractivity contribution in [3.8, 4) is 5.75 Å². The third kappa shape index (κ3) is 5.06. The Morgan fingerprint density at radius 1 is 1.12 bits per heavy atom. The molecular formula is C17H18NO5P. The minimum atomic E-state index is -4.55. The molecule has 0 saturated heterocycles. The van der Waals surface area contributed by atoms with Gasteiger partial charge in [-0.05, 0) is 41.5 Å². The van der Waals surface area contributed by atoms with Crippen LogP contribution in [0.2, 0.25) is 0 Å². The van der Waals surface area contributed by atoms with Crippen molar-refractivity contribution >= 4 is 19.4 Å². The quantitative estimate of drug-likeness (QED) is 0.549. The summed E-state index contributed by atoms with van der Waals surface area (Å²) in [6.45, 7) is 5.41. The van der Waals surface area contributed by atoms with E-state index in [2.05, 4.69) is 16.4 Å². The number of hydrogen-bond donors (Lipinski definition) is 3. The van der Waals surface area contributed by atoms with Gasteiger partial charge in [0, 0.05) is 11.6 Å². The first-order valence-corrected chi connectivity index (χ1v) is 8.70. The molecule has 0 radical (unpaired) electrons. The Bertz CT molecular complexity index is 765. The molecule has 2 aromatic carbocycles. The molecule has 0 aromatic heterocycles. The number of hydrogen-bond acceptors (Lipinski definition) is 3. The van der Waals surface area contributed by atoms with E-state index in [-0.39, 0.29) is 17.6 Å². The van der Waals surface area contributed by atoms with Crippen molar-refractivity contribution in [1.29, 1.82) is 0 Å². The fourth-order valence-electron chi connectivity index (χ4n) is 2.20. The van der Waals surface area contributed by atoms with E-state index in [1.54, 1.807) is 24.3 Å². The summed E-state index contributed by atoms with van der Waals surface area (Å²) in [6.07, 6.45) is 1.21. The number of nitrogens with one attached hydrogen (secondary N) is 1. The fraction of sp³-hybridized carbons (Fsp3) is 0.118. The van der Waals surface area contributed by atoms with Crippen molar-refractivity contribution in [2.45, 2.75) is 12.8 Å². The van der Waals surface area contributed by atoms with E-state index in [4.69, 9.17) is 9.79 Å². The second kappa shape index (κ2) is 7.45. The Hall–Kier alpha value is -2.40. The van der Waals surface area contributed by atoms with Gasteiger partial charge < -0.3 is 9.84 Å². The highest BCUT2D eigenvalue weighted by atomic mass is 31.2.